The van der Waals surface area contributed by atoms with Crippen molar-refractivity contribution in [3.63, 3.8) is 0 Å². The SMILES string of the molecule is CC=CCOB(OCC=CC)OCC=CC. The van der Waals surface area contributed by atoms with Crippen LogP contribution in [0.15, 0.2) is 36.5 Å². The van der Waals surface area contributed by atoms with E-state index in [9.17, 15) is 0 Å². The first kappa shape index (κ1) is 15.2. The fraction of sp³-hybridized carbons (Fsp3) is 0.500. The van der Waals surface area contributed by atoms with E-state index in [1.54, 1.807) is 0 Å². The van der Waals surface area contributed by atoms with Gasteiger partial charge < -0.3 is 14.0 Å². The van der Waals surface area contributed by atoms with E-state index in [2.05, 4.69) is 0 Å². The maximum Gasteiger partial charge on any atom is 0.640 e. The first-order chi connectivity index (χ1) is 7.85. The quantitative estimate of drug-likeness (QED) is 0.445. The predicted octanol–water partition coefficient (Wildman–Crippen LogP) is 2.75. The molecule has 0 rings (SSSR count). The van der Waals surface area contributed by atoms with Crippen molar-refractivity contribution in [1.82, 2.24) is 0 Å². The van der Waals surface area contributed by atoms with Gasteiger partial charge >= 0.3 is 7.32 Å². The Balaban J connectivity index is 3.84. The van der Waals surface area contributed by atoms with Crippen molar-refractivity contribution in [2.45, 2.75) is 20.8 Å². The number of rotatable bonds is 9. The molecule has 0 aromatic carbocycles. The van der Waals surface area contributed by atoms with Crippen molar-refractivity contribution in [3.05, 3.63) is 36.5 Å². The summed E-state index contributed by atoms with van der Waals surface area (Å²) in [7, 11) is -0.608. The van der Waals surface area contributed by atoms with Gasteiger partial charge in [0, 0.05) is 0 Å². The zero-order valence-corrected chi connectivity index (χ0v) is 10.4. The average Bonchev–Trinajstić information content (AvgIpc) is 2.29. The lowest BCUT2D eigenvalue weighted by molar-refractivity contribution is 0.123. The van der Waals surface area contributed by atoms with Gasteiger partial charge in [0.05, 0.1) is 19.8 Å². The smallest absolute Gasteiger partial charge is 0.382 e. The molecule has 0 heterocycles. The van der Waals surface area contributed by atoms with Gasteiger partial charge in [0.15, 0.2) is 0 Å². The minimum absolute atomic E-state index is 0.493. The third kappa shape index (κ3) is 9.71. The molecular weight excluding hydrogens is 203 g/mol. The zero-order chi connectivity index (χ0) is 12.1. The second kappa shape index (κ2) is 12.2. The summed E-state index contributed by atoms with van der Waals surface area (Å²) in [6.45, 7) is 7.31. The lowest BCUT2D eigenvalue weighted by Gasteiger charge is -2.11. The Kier molecular flexibility index (Phi) is 11.6. The first-order valence-electron chi connectivity index (χ1n) is 5.53. The summed E-state index contributed by atoms with van der Waals surface area (Å²) in [5, 5.41) is 0. The van der Waals surface area contributed by atoms with Crippen LogP contribution in [0.1, 0.15) is 20.8 Å². The Morgan fingerprint density at radius 2 is 1.00 bits per heavy atom. The second-order valence-corrected chi connectivity index (χ2v) is 3.00. The third-order valence-electron chi connectivity index (χ3n) is 1.69. The Morgan fingerprint density at radius 1 is 0.688 bits per heavy atom. The molecule has 0 aliphatic carbocycles. The normalized spacial score (nSPS) is 12.2. The second-order valence-electron chi connectivity index (χ2n) is 3.00. The summed E-state index contributed by atoms with van der Waals surface area (Å²) in [5.41, 5.74) is 0. The Labute approximate surface area is 99.0 Å². The van der Waals surface area contributed by atoms with Crippen LogP contribution in [0.3, 0.4) is 0 Å². The maximum absolute atomic E-state index is 5.38. The molecule has 4 heteroatoms. The molecule has 0 spiro atoms. The Bertz CT molecular complexity index is 186. The van der Waals surface area contributed by atoms with Gasteiger partial charge in [0.25, 0.3) is 0 Å². The van der Waals surface area contributed by atoms with Gasteiger partial charge in [0.2, 0.25) is 0 Å². The summed E-state index contributed by atoms with van der Waals surface area (Å²) in [6.07, 6.45) is 11.5. The topological polar surface area (TPSA) is 27.7 Å². The molecule has 0 unspecified atom stereocenters. The number of allylic oxidation sites excluding steroid dienone is 3. The average molecular weight is 224 g/mol. The standard InChI is InChI=1S/C12H21BO3/c1-4-7-10-14-13(15-11-8-5-2)16-12-9-6-3/h4-9H,10-12H2,1-3H3. The van der Waals surface area contributed by atoms with E-state index in [-0.39, 0.29) is 0 Å². The fourth-order valence-electron chi connectivity index (χ4n) is 0.835. The van der Waals surface area contributed by atoms with Crippen molar-refractivity contribution < 1.29 is 14.0 Å². The molecule has 0 fully saturated rings. The molecule has 16 heavy (non-hydrogen) atoms. The molecule has 0 aromatic rings. The van der Waals surface area contributed by atoms with Crippen LogP contribution in [-0.2, 0) is 14.0 Å². The highest BCUT2D eigenvalue weighted by Crippen LogP contribution is 1.94. The minimum Gasteiger partial charge on any atom is -0.382 e. The van der Waals surface area contributed by atoms with Crippen LogP contribution in [0, 0.1) is 0 Å². The zero-order valence-electron chi connectivity index (χ0n) is 10.4. The van der Waals surface area contributed by atoms with Crippen LogP contribution in [0.2, 0.25) is 0 Å². The summed E-state index contributed by atoms with van der Waals surface area (Å²) >= 11 is 0. The first-order valence-corrected chi connectivity index (χ1v) is 5.53. The minimum atomic E-state index is -0.608. The van der Waals surface area contributed by atoms with Crippen molar-refractivity contribution >= 4 is 7.32 Å². The van der Waals surface area contributed by atoms with E-state index in [1.807, 2.05) is 57.2 Å². The van der Waals surface area contributed by atoms with E-state index >= 15 is 0 Å². The lowest BCUT2D eigenvalue weighted by atomic mass is 10.2. The molecule has 0 saturated carbocycles. The van der Waals surface area contributed by atoms with Gasteiger partial charge in [-0.3, -0.25) is 0 Å². The maximum atomic E-state index is 5.38. The molecule has 90 valence electrons. The molecule has 0 bridgehead atoms. The molecule has 0 aliphatic heterocycles. The van der Waals surface area contributed by atoms with E-state index in [4.69, 9.17) is 14.0 Å². The summed E-state index contributed by atoms with van der Waals surface area (Å²) < 4.78 is 16.1. The molecule has 0 N–H and O–H groups in total. The van der Waals surface area contributed by atoms with Crippen molar-refractivity contribution in [2.24, 2.45) is 0 Å². The molecule has 0 amide bonds. The van der Waals surface area contributed by atoms with Gasteiger partial charge in [-0.15, -0.1) is 0 Å². The van der Waals surface area contributed by atoms with Gasteiger partial charge in [-0.1, -0.05) is 36.5 Å². The van der Waals surface area contributed by atoms with Gasteiger partial charge in [-0.05, 0) is 20.8 Å². The third-order valence-corrected chi connectivity index (χ3v) is 1.69. The molecule has 0 atom stereocenters. The molecule has 0 aliphatic rings. The summed E-state index contributed by atoms with van der Waals surface area (Å²) in [6, 6.07) is 0. The summed E-state index contributed by atoms with van der Waals surface area (Å²) in [5.74, 6) is 0. The predicted molar refractivity (Wildman–Crippen MR) is 68.1 cm³/mol. The Morgan fingerprint density at radius 3 is 1.25 bits per heavy atom. The largest absolute Gasteiger partial charge is 0.640 e. The number of hydrogen-bond acceptors (Lipinski definition) is 3. The molecule has 0 saturated heterocycles. The number of hydrogen-bond donors (Lipinski definition) is 0. The lowest BCUT2D eigenvalue weighted by Crippen LogP contribution is -2.27. The highest BCUT2D eigenvalue weighted by atomic mass is 16.7. The van der Waals surface area contributed by atoms with Crippen LogP contribution in [-0.4, -0.2) is 27.1 Å². The van der Waals surface area contributed by atoms with E-state index in [1.165, 1.54) is 0 Å². The van der Waals surface area contributed by atoms with Crippen LogP contribution < -0.4 is 0 Å². The molecular formula is C12H21BO3. The van der Waals surface area contributed by atoms with E-state index in [0.29, 0.717) is 19.8 Å². The monoisotopic (exact) mass is 224 g/mol. The van der Waals surface area contributed by atoms with Gasteiger partial charge in [-0.2, -0.15) is 0 Å². The molecule has 3 nitrogen and oxygen atoms in total. The van der Waals surface area contributed by atoms with E-state index < -0.39 is 7.32 Å². The van der Waals surface area contributed by atoms with E-state index in [0.717, 1.165) is 0 Å². The van der Waals surface area contributed by atoms with Crippen LogP contribution in [0.25, 0.3) is 0 Å². The van der Waals surface area contributed by atoms with Crippen LogP contribution >= 0.6 is 0 Å². The van der Waals surface area contributed by atoms with Crippen molar-refractivity contribution in [1.29, 1.82) is 0 Å². The van der Waals surface area contributed by atoms with Gasteiger partial charge in [0.1, 0.15) is 0 Å². The highest BCUT2D eigenvalue weighted by Gasteiger charge is 2.19. The van der Waals surface area contributed by atoms with Crippen molar-refractivity contribution in [3.8, 4) is 0 Å². The van der Waals surface area contributed by atoms with Crippen LogP contribution in [0.5, 0.6) is 0 Å². The fourth-order valence-corrected chi connectivity index (χ4v) is 0.835. The molecule has 0 radical (unpaired) electrons. The van der Waals surface area contributed by atoms with Crippen molar-refractivity contribution in [2.75, 3.05) is 19.8 Å². The van der Waals surface area contributed by atoms with Gasteiger partial charge in [-0.25, -0.2) is 0 Å². The molecule has 0 aromatic heterocycles. The summed E-state index contributed by atoms with van der Waals surface area (Å²) in [4.78, 5) is 0. The van der Waals surface area contributed by atoms with Crippen LogP contribution in [0.4, 0.5) is 0 Å². The Hall–Kier alpha value is -0.835. The highest BCUT2D eigenvalue weighted by molar-refractivity contribution is 6.36.